The summed E-state index contributed by atoms with van der Waals surface area (Å²) in [5, 5.41) is 0. The number of anilines is 1. The van der Waals surface area contributed by atoms with E-state index in [0.717, 1.165) is 25.7 Å². The molecule has 0 bridgehead atoms. The van der Waals surface area contributed by atoms with E-state index in [2.05, 4.69) is 13.8 Å². The molecule has 114 valence electrons. The first-order valence-electron chi connectivity index (χ1n) is 7.30. The fourth-order valence-electron chi connectivity index (χ4n) is 2.07. The van der Waals surface area contributed by atoms with Crippen LogP contribution in [-0.4, -0.2) is 25.8 Å². The second kappa shape index (κ2) is 7.64. The summed E-state index contributed by atoms with van der Waals surface area (Å²) >= 11 is 0. The third-order valence-electron chi connectivity index (χ3n) is 3.47. The molecule has 4 nitrogen and oxygen atoms in total. The number of rotatable bonds is 8. The van der Waals surface area contributed by atoms with Crippen molar-refractivity contribution in [3.63, 3.8) is 0 Å². The van der Waals surface area contributed by atoms with Crippen LogP contribution in [0.15, 0.2) is 23.1 Å². The van der Waals surface area contributed by atoms with Crippen LogP contribution in [0.25, 0.3) is 0 Å². The number of nitrogen functional groups attached to an aromatic ring is 1. The van der Waals surface area contributed by atoms with Gasteiger partial charge in [-0.3, -0.25) is 0 Å². The van der Waals surface area contributed by atoms with Crippen molar-refractivity contribution in [3.8, 4) is 0 Å². The van der Waals surface area contributed by atoms with Gasteiger partial charge in [0.15, 0.2) is 0 Å². The molecule has 1 aromatic carbocycles. The summed E-state index contributed by atoms with van der Waals surface area (Å²) in [5.74, 6) is 0. The van der Waals surface area contributed by atoms with E-state index >= 15 is 0 Å². The van der Waals surface area contributed by atoms with E-state index < -0.39 is 10.0 Å². The van der Waals surface area contributed by atoms with E-state index in [1.165, 1.54) is 0 Å². The van der Waals surface area contributed by atoms with Gasteiger partial charge in [-0.05, 0) is 37.5 Å². The number of hydrogen-bond donors (Lipinski definition) is 1. The van der Waals surface area contributed by atoms with Crippen molar-refractivity contribution in [1.82, 2.24) is 4.31 Å². The second-order valence-electron chi connectivity index (χ2n) is 5.08. The largest absolute Gasteiger partial charge is 0.398 e. The van der Waals surface area contributed by atoms with E-state index in [1.807, 2.05) is 0 Å². The van der Waals surface area contributed by atoms with Crippen LogP contribution in [0, 0.1) is 6.92 Å². The molecule has 0 saturated carbocycles. The van der Waals surface area contributed by atoms with E-state index in [9.17, 15) is 8.42 Å². The zero-order chi connectivity index (χ0) is 15.2. The van der Waals surface area contributed by atoms with Gasteiger partial charge < -0.3 is 5.73 Å². The van der Waals surface area contributed by atoms with Crippen LogP contribution in [0.2, 0.25) is 0 Å². The quantitative estimate of drug-likeness (QED) is 0.750. The Kier molecular flexibility index (Phi) is 6.49. The smallest absolute Gasteiger partial charge is 0.243 e. The molecular weight excluding hydrogens is 272 g/mol. The van der Waals surface area contributed by atoms with E-state index in [1.54, 1.807) is 29.4 Å². The van der Waals surface area contributed by atoms with Gasteiger partial charge in [-0.25, -0.2) is 8.42 Å². The van der Waals surface area contributed by atoms with Crippen LogP contribution in [0.3, 0.4) is 0 Å². The lowest BCUT2D eigenvalue weighted by Gasteiger charge is -2.23. The average Bonchev–Trinajstić information content (AvgIpc) is 2.41. The Morgan fingerprint density at radius 2 is 1.65 bits per heavy atom. The maximum Gasteiger partial charge on any atom is 0.243 e. The molecule has 0 saturated heterocycles. The summed E-state index contributed by atoms with van der Waals surface area (Å²) < 4.78 is 27.2. The van der Waals surface area contributed by atoms with Gasteiger partial charge >= 0.3 is 0 Å². The maximum atomic E-state index is 12.8. The highest BCUT2D eigenvalue weighted by molar-refractivity contribution is 7.89. The third kappa shape index (κ3) is 3.96. The van der Waals surface area contributed by atoms with Crippen molar-refractivity contribution < 1.29 is 8.42 Å². The fraction of sp³-hybridized carbons (Fsp3) is 0.600. The lowest BCUT2D eigenvalue weighted by Crippen LogP contribution is -2.33. The Hall–Kier alpha value is -1.07. The van der Waals surface area contributed by atoms with Gasteiger partial charge in [0.05, 0.1) is 4.90 Å². The molecule has 0 aromatic heterocycles. The molecule has 0 aliphatic carbocycles. The van der Waals surface area contributed by atoms with Gasteiger partial charge in [0.1, 0.15) is 0 Å². The Morgan fingerprint density at radius 1 is 1.10 bits per heavy atom. The molecule has 0 aliphatic rings. The molecule has 0 amide bonds. The summed E-state index contributed by atoms with van der Waals surface area (Å²) in [6.45, 7) is 7.05. The van der Waals surface area contributed by atoms with Crippen molar-refractivity contribution in [2.45, 2.75) is 51.3 Å². The normalized spacial score (nSPS) is 12.0. The average molecular weight is 298 g/mol. The van der Waals surface area contributed by atoms with E-state index in [4.69, 9.17) is 5.73 Å². The third-order valence-corrected chi connectivity index (χ3v) is 5.51. The number of benzene rings is 1. The minimum absolute atomic E-state index is 0.338. The highest BCUT2D eigenvalue weighted by Gasteiger charge is 2.25. The predicted octanol–water partition coefficient (Wildman–Crippen LogP) is 3.17. The molecule has 0 atom stereocenters. The number of nitrogens with two attached hydrogens (primary N) is 1. The van der Waals surface area contributed by atoms with Crippen LogP contribution in [-0.2, 0) is 10.0 Å². The van der Waals surface area contributed by atoms with Gasteiger partial charge in [-0.2, -0.15) is 4.31 Å². The summed E-state index contributed by atoms with van der Waals surface area (Å²) in [4.78, 5) is 0.338. The zero-order valence-electron chi connectivity index (χ0n) is 12.7. The van der Waals surface area contributed by atoms with Crippen molar-refractivity contribution >= 4 is 15.7 Å². The standard InChI is InChI=1S/C15H26N2O2S/c1-4-6-11-17(12-7-5-2)20(18,19)15-10-8-9-14(16)13(15)3/h8-10H,4-7,11-12,16H2,1-3H3. The van der Waals surface area contributed by atoms with Crippen molar-refractivity contribution in [3.05, 3.63) is 23.8 Å². The highest BCUT2D eigenvalue weighted by atomic mass is 32.2. The van der Waals surface area contributed by atoms with Gasteiger partial charge in [0.25, 0.3) is 0 Å². The number of sulfonamides is 1. The monoisotopic (exact) mass is 298 g/mol. The summed E-state index contributed by atoms with van der Waals surface area (Å²) in [6, 6.07) is 5.08. The molecular formula is C15H26N2O2S. The maximum absolute atomic E-state index is 12.8. The molecule has 2 N–H and O–H groups in total. The topological polar surface area (TPSA) is 63.4 Å². The van der Waals surface area contributed by atoms with Gasteiger partial charge in [-0.15, -0.1) is 0 Å². The molecule has 20 heavy (non-hydrogen) atoms. The van der Waals surface area contributed by atoms with Crippen LogP contribution in [0.5, 0.6) is 0 Å². The van der Waals surface area contributed by atoms with Crippen LogP contribution in [0.4, 0.5) is 5.69 Å². The van der Waals surface area contributed by atoms with Crippen LogP contribution < -0.4 is 5.73 Å². The number of unbranched alkanes of at least 4 members (excludes halogenated alkanes) is 2. The molecule has 0 spiro atoms. The van der Waals surface area contributed by atoms with E-state index in [0.29, 0.717) is 29.2 Å². The van der Waals surface area contributed by atoms with Crippen LogP contribution >= 0.6 is 0 Å². The van der Waals surface area contributed by atoms with E-state index in [-0.39, 0.29) is 0 Å². The van der Waals surface area contributed by atoms with Crippen molar-refractivity contribution in [1.29, 1.82) is 0 Å². The summed E-state index contributed by atoms with van der Waals surface area (Å²) in [7, 11) is -3.45. The molecule has 5 heteroatoms. The van der Waals surface area contributed by atoms with Gasteiger partial charge in [0.2, 0.25) is 10.0 Å². The van der Waals surface area contributed by atoms with Gasteiger partial charge in [-0.1, -0.05) is 32.8 Å². The summed E-state index contributed by atoms with van der Waals surface area (Å²) in [6.07, 6.45) is 3.72. The second-order valence-corrected chi connectivity index (χ2v) is 6.99. The van der Waals surface area contributed by atoms with Gasteiger partial charge in [0, 0.05) is 18.8 Å². The first-order valence-corrected chi connectivity index (χ1v) is 8.74. The minimum Gasteiger partial charge on any atom is -0.398 e. The zero-order valence-corrected chi connectivity index (χ0v) is 13.5. The minimum atomic E-state index is -3.45. The first-order chi connectivity index (χ1) is 9.45. The van der Waals surface area contributed by atoms with Crippen LogP contribution in [0.1, 0.15) is 45.1 Å². The molecule has 1 aromatic rings. The SMILES string of the molecule is CCCCN(CCCC)S(=O)(=O)c1cccc(N)c1C. The molecule has 0 unspecified atom stereocenters. The Bertz CT molecular complexity index is 519. The van der Waals surface area contributed by atoms with Crippen molar-refractivity contribution in [2.24, 2.45) is 0 Å². The molecule has 0 fully saturated rings. The summed E-state index contributed by atoms with van der Waals surface area (Å²) in [5.41, 5.74) is 7.00. The molecule has 0 heterocycles. The Balaban J connectivity index is 3.11. The highest BCUT2D eigenvalue weighted by Crippen LogP contribution is 2.24. The number of hydrogen-bond acceptors (Lipinski definition) is 3. The first kappa shape index (κ1) is 17.0. The lowest BCUT2D eigenvalue weighted by atomic mass is 10.2. The Labute approximate surface area is 123 Å². The predicted molar refractivity (Wildman–Crippen MR) is 84.2 cm³/mol. The molecule has 0 radical (unpaired) electrons. The Morgan fingerprint density at radius 3 is 2.15 bits per heavy atom. The fourth-order valence-corrected chi connectivity index (χ4v) is 3.84. The number of nitrogens with zero attached hydrogens (tertiary/aromatic N) is 1. The molecule has 1 rings (SSSR count). The lowest BCUT2D eigenvalue weighted by molar-refractivity contribution is 0.395. The van der Waals surface area contributed by atoms with Crippen molar-refractivity contribution in [2.75, 3.05) is 18.8 Å². The molecule has 0 aliphatic heterocycles.